The van der Waals surface area contributed by atoms with Crippen molar-refractivity contribution < 1.29 is 0 Å². The van der Waals surface area contributed by atoms with E-state index in [4.69, 9.17) is 0 Å². The molecule has 0 heterocycles. The molecule has 1 aliphatic rings. The Morgan fingerprint density at radius 1 is 1.33 bits per heavy atom. The van der Waals surface area contributed by atoms with E-state index in [1.54, 1.807) is 11.1 Å². The number of rotatable bonds is 1. The van der Waals surface area contributed by atoms with Crippen LogP contribution in [0.1, 0.15) is 44.7 Å². The summed E-state index contributed by atoms with van der Waals surface area (Å²) in [7, 11) is 0. The van der Waals surface area contributed by atoms with Gasteiger partial charge in [0.2, 0.25) is 0 Å². The van der Waals surface area contributed by atoms with E-state index in [2.05, 4.69) is 54.9 Å². The molecule has 1 heteroatoms. The summed E-state index contributed by atoms with van der Waals surface area (Å²) in [6.07, 6.45) is 3.92. The first-order chi connectivity index (χ1) is 7.04. The fourth-order valence-electron chi connectivity index (χ4n) is 2.68. The topological polar surface area (TPSA) is 0 Å². The van der Waals surface area contributed by atoms with Crippen molar-refractivity contribution in [1.29, 1.82) is 0 Å². The number of fused-ring (bicyclic) bond motifs is 1. The van der Waals surface area contributed by atoms with Crippen molar-refractivity contribution in [2.75, 3.05) is 0 Å². The quantitative estimate of drug-likeness (QED) is 0.692. The van der Waals surface area contributed by atoms with Crippen LogP contribution in [-0.4, -0.2) is 0 Å². The average Bonchev–Trinajstić information content (AvgIpc) is 2.19. The van der Waals surface area contributed by atoms with Crippen LogP contribution in [0.3, 0.4) is 0 Å². The molecule has 1 aromatic carbocycles. The highest BCUT2D eigenvalue weighted by atomic mass is 79.9. The van der Waals surface area contributed by atoms with E-state index in [0.29, 0.717) is 11.3 Å². The summed E-state index contributed by atoms with van der Waals surface area (Å²) >= 11 is 3.59. The molecule has 0 saturated heterocycles. The molecule has 0 bridgehead atoms. The minimum Gasteiger partial charge on any atom is -0.0619 e. The third-order valence-corrected chi connectivity index (χ3v) is 4.60. The second-order valence-electron chi connectivity index (χ2n) is 5.23. The lowest BCUT2D eigenvalue weighted by atomic mass is 9.65. The lowest BCUT2D eigenvalue weighted by molar-refractivity contribution is 0.290. The van der Waals surface area contributed by atoms with Gasteiger partial charge >= 0.3 is 0 Å². The third kappa shape index (κ3) is 1.87. The molecular weight excluding hydrogens is 248 g/mol. The van der Waals surface area contributed by atoms with Gasteiger partial charge in [-0.2, -0.15) is 0 Å². The Balaban J connectivity index is 2.54. The normalized spacial score (nSPS) is 25.4. The highest BCUT2D eigenvalue weighted by Crippen LogP contribution is 2.43. The van der Waals surface area contributed by atoms with Gasteiger partial charge < -0.3 is 0 Å². The monoisotopic (exact) mass is 266 g/mol. The van der Waals surface area contributed by atoms with Crippen molar-refractivity contribution in [2.45, 2.75) is 45.4 Å². The molecule has 0 spiro atoms. The molecule has 0 N–H and O–H groups in total. The smallest absolute Gasteiger partial charge is 0.0178 e. The van der Waals surface area contributed by atoms with Gasteiger partial charge in [-0.05, 0) is 53.9 Å². The van der Waals surface area contributed by atoms with Gasteiger partial charge in [0.05, 0.1) is 0 Å². The minimum absolute atomic E-state index is 0.372. The predicted octanol–water partition coefficient (Wildman–Crippen LogP) is 4.70. The summed E-state index contributed by atoms with van der Waals surface area (Å²) in [4.78, 5) is 0. The molecule has 1 aromatic rings. The summed E-state index contributed by atoms with van der Waals surface area (Å²) in [6, 6.07) is 6.79. The van der Waals surface area contributed by atoms with E-state index >= 15 is 0 Å². The van der Waals surface area contributed by atoms with Gasteiger partial charge in [0.15, 0.2) is 0 Å². The number of benzene rings is 1. The maximum absolute atomic E-state index is 3.59. The zero-order valence-electron chi connectivity index (χ0n) is 9.81. The van der Waals surface area contributed by atoms with Crippen LogP contribution in [-0.2, 0) is 11.8 Å². The first-order valence-corrected chi connectivity index (χ1v) is 6.62. The third-order valence-electron chi connectivity index (χ3n) is 4.10. The Kier molecular flexibility index (Phi) is 2.94. The Labute approximate surface area is 101 Å². The van der Waals surface area contributed by atoms with Gasteiger partial charge in [-0.25, -0.2) is 0 Å². The van der Waals surface area contributed by atoms with Crippen molar-refractivity contribution in [2.24, 2.45) is 5.92 Å². The summed E-state index contributed by atoms with van der Waals surface area (Å²) < 4.78 is 1.22. The van der Waals surface area contributed by atoms with E-state index < -0.39 is 0 Å². The lowest BCUT2D eigenvalue weighted by Gasteiger charge is -2.39. The highest BCUT2D eigenvalue weighted by molar-refractivity contribution is 9.10. The van der Waals surface area contributed by atoms with Gasteiger partial charge in [-0.3, -0.25) is 0 Å². The fourth-order valence-corrected chi connectivity index (χ4v) is 3.04. The van der Waals surface area contributed by atoms with Crippen molar-refractivity contribution in [3.05, 3.63) is 33.8 Å². The zero-order chi connectivity index (χ0) is 11.1. The predicted molar refractivity (Wildman–Crippen MR) is 69.3 cm³/mol. The fraction of sp³-hybridized carbons (Fsp3) is 0.571. The molecule has 0 aromatic heterocycles. The van der Waals surface area contributed by atoms with Gasteiger partial charge in [0, 0.05) is 4.47 Å². The van der Waals surface area contributed by atoms with E-state index in [9.17, 15) is 0 Å². The van der Waals surface area contributed by atoms with Crippen LogP contribution in [0.4, 0.5) is 0 Å². The summed E-state index contributed by atoms with van der Waals surface area (Å²) in [5, 5.41) is 0. The molecule has 0 fully saturated rings. The van der Waals surface area contributed by atoms with Crippen molar-refractivity contribution in [1.82, 2.24) is 0 Å². The number of aryl methyl sites for hydroxylation is 1. The van der Waals surface area contributed by atoms with Crippen LogP contribution < -0.4 is 0 Å². The SMILES string of the molecule is CC(C)C1(C)CCCc2ccc(Br)cc21. The summed E-state index contributed by atoms with van der Waals surface area (Å²) in [6.45, 7) is 7.11. The average molecular weight is 267 g/mol. The Bertz CT molecular complexity index is 368. The molecule has 0 amide bonds. The maximum atomic E-state index is 3.59. The molecular formula is C14H19Br. The molecule has 0 nitrogen and oxygen atoms in total. The Morgan fingerprint density at radius 3 is 2.73 bits per heavy atom. The molecule has 2 rings (SSSR count). The Morgan fingerprint density at radius 2 is 2.07 bits per heavy atom. The minimum atomic E-state index is 0.372. The van der Waals surface area contributed by atoms with E-state index in [0.717, 1.165) is 0 Å². The summed E-state index contributed by atoms with van der Waals surface area (Å²) in [5.41, 5.74) is 3.50. The molecule has 0 aliphatic heterocycles. The van der Waals surface area contributed by atoms with Crippen molar-refractivity contribution in [3.63, 3.8) is 0 Å². The zero-order valence-corrected chi connectivity index (χ0v) is 11.4. The van der Waals surface area contributed by atoms with Gasteiger partial charge in [0.25, 0.3) is 0 Å². The van der Waals surface area contributed by atoms with Crippen LogP contribution in [0.25, 0.3) is 0 Å². The van der Waals surface area contributed by atoms with Crippen LogP contribution in [0.2, 0.25) is 0 Å². The van der Waals surface area contributed by atoms with Gasteiger partial charge in [-0.1, -0.05) is 42.8 Å². The number of hydrogen-bond donors (Lipinski definition) is 0. The van der Waals surface area contributed by atoms with Crippen LogP contribution >= 0.6 is 15.9 Å². The maximum Gasteiger partial charge on any atom is 0.0178 e. The van der Waals surface area contributed by atoms with Crippen molar-refractivity contribution in [3.8, 4) is 0 Å². The second kappa shape index (κ2) is 3.93. The summed E-state index contributed by atoms with van der Waals surface area (Å²) in [5.74, 6) is 0.714. The van der Waals surface area contributed by atoms with Crippen molar-refractivity contribution >= 4 is 15.9 Å². The lowest BCUT2D eigenvalue weighted by Crippen LogP contribution is -2.32. The highest BCUT2D eigenvalue weighted by Gasteiger charge is 2.34. The van der Waals surface area contributed by atoms with Crippen LogP contribution in [0.5, 0.6) is 0 Å². The largest absolute Gasteiger partial charge is 0.0619 e. The first kappa shape index (κ1) is 11.2. The molecule has 82 valence electrons. The van der Waals surface area contributed by atoms with Crippen LogP contribution in [0.15, 0.2) is 22.7 Å². The molecule has 15 heavy (non-hydrogen) atoms. The number of halogens is 1. The van der Waals surface area contributed by atoms with Gasteiger partial charge in [-0.15, -0.1) is 0 Å². The first-order valence-electron chi connectivity index (χ1n) is 5.83. The standard InChI is InChI=1S/C14H19Br/c1-10(2)14(3)8-4-5-11-6-7-12(15)9-13(11)14/h6-7,9-10H,4-5,8H2,1-3H3. The molecule has 0 radical (unpaired) electrons. The number of hydrogen-bond acceptors (Lipinski definition) is 0. The molecule has 1 aliphatic carbocycles. The van der Waals surface area contributed by atoms with Gasteiger partial charge in [0.1, 0.15) is 0 Å². The van der Waals surface area contributed by atoms with E-state index in [1.165, 1.54) is 23.7 Å². The van der Waals surface area contributed by atoms with Crippen LogP contribution in [0, 0.1) is 5.92 Å². The second-order valence-corrected chi connectivity index (χ2v) is 6.14. The Hall–Kier alpha value is -0.300. The molecule has 0 saturated carbocycles. The molecule has 1 atom stereocenters. The molecule has 1 unspecified atom stereocenters. The van der Waals surface area contributed by atoms with E-state index in [1.807, 2.05) is 0 Å². The van der Waals surface area contributed by atoms with E-state index in [-0.39, 0.29) is 0 Å².